The number of hydrogen-bond acceptors (Lipinski definition) is 5. The van der Waals surface area contributed by atoms with Crippen LogP contribution in [0.1, 0.15) is 5.56 Å². The summed E-state index contributed by atoms with van der Waals surface area (Å²) in [6.07, 6.45) is -0.114. The Morgan fingerprint density at radius 2 is 1.92 bits per heavy atom. The zero-order chi connectivity index (χ0) is 17.5. The van der Waals surface area contributed by atoms with Gasteiger partial charge in [0.2, 0.25) is 5.91 Å². The van der Waals surface area contributed by atoms with Crippen LogP contribution in [-0.4, -0.2) is 38.8 Å². The summed E-state index contributed by atoms with van der Waals surface area (Å²) in [7, 11) is 1.62. The van der Waals surface area contributed by atoms with Crippen LogP contribution < -0.4 is 24.8 Å². The first-order chi connectivity index (χ1) is 12.3. The minimum atomic E-state index is -0.114. The second-order valence-electron chi connectivity index (χ2n) is 5.72. The number of benzene rings is 2. The van der Waals surface area contributed by atoms with Gasteiger partial charge in [-0.3, -0.25) is 4.79 Å². The molecule has 0 fully saturated rings. The van der Waals surface area contributed by atoms with Gasteiger partial charge in [0.15, 0.2) is 11.5 Å². The number of para-hydroxylation sites is 3. The summed E-state index contributed by atoms with van der Waals surface area (Å²) in [5, 5.41) is 5.98. The van der Waals surface area contributed by atoms with Crippen LogP contribution in [0.15, 0.2) is 48.5 Å². The van der Waals surface area contributed by atoms with Gasteiger partial charge in [-0.15, -0.1) is 0 Å². The van der Waals surface area contributed by atoms with E-state index in [1.807, 2.05) is 48.5 Å². The Morgan fingerprint density at radius 3 is 2.76 bits per heavy atom. The van der Waals surface area contributed by atoms with Crippen LogP contribution >= 0.6 is 0 Å². The highest BCUT2D eigenvalue weighted by Crippen LogP contribution is 2.30. The molecule has 1 heterocycles. The second-order valence-corrected chi connectivity index (χ2v) is 5.72. The number of carbonyl (C=O) groups is 1. The zero-order valence-electron chi connectivity index (χ0n) is 14.2. The fourth-order valence-corrected chi connectivity index (χ4v) is 2.62. The Hall–Kier alpha value is -2.73. The van der Waals surface area contributed by atoms with Crippen molar-refractivity contribution >= 4 is 5.91 Å². The summed E-state index contributed by atoms with van der Waals surface area (Å²) in [5.74, 6) is 2.18. The number of methoxy groups -OCH3 is 1. The van der Waals surface area contributed by atoms with Gasteiger partial charge in [-0.05, 0) is 18.2 Å². The van der Waals surface area contributed by atoms with E-state index < -0.39 is 0 Å². The fraction of sp³-hybridized carbons (Fsp3) is 0.316. The Bertz CT molecular complexity index is 720. The normalized spacial score (nSPS) is 15.5. The fourth-order valence-electron chi connectivity index (χ4n) is 2.62. The van der Waals surface area contributed by atoms with Crippen molar-refractivity contribution in [2.45, 2.75) is 12.6 Å². The van der Waals surface area contributed by atoms with Gasteiger partial charge in [-0.2, -0.15) is 0 Å². The molecular formula is C19H22N2O4. The van der Waals surface area contributed by atoms with Crippen molar-refractivity contribution < 1.29 is 19.0 Å². The monoisotopic (exact) mass is 342 g/mol. The summed E-state index contributed by atoms with van der Waals surface area (Å²) in [5.41, 5.74) is 0.943. The lowest BCUT2D eigenvalue weighted by atomic mass is 10.2. The molecule has 2 aromatic carbocycles. The zero-order valence-corrected chi connectivity index (χ0v) is 14.2. The third-order valence-corrected chi connectivity index (χ3v) is 3.89. The molecule has 1 amide bonds. The largest absolute Gasteiger partial charge is 0.496 e. The van der Waals surface area contributed by atoms with Crippen LogP contribution in [-0.2, 0) is 11.3 Å². The molecule has 25 heavy (non-hydrogen) atoms. The second kappa shape index (κ2) is 8.39. The highest BCUT2D eigenvalue weighted by molar-refractivity contribution is 5.78. The van der Waals surface area contributed by atoms with Gasteiger partial charge in [0.1, 0.15) is 18.5 Å². The number of ether oxygens (including phenoxy) is 3. The maximum Gasteiger partial charge on any atom is 0.234 e. The van der Waals surface area contributed by atoms with Gasteiger partial charge in [-0.1, -0.05) is 30.3 Å². The van der Waals surface area contributed by atoms with E-state index >= 15 is 0 Å². The lowest BCUT2D eigenvalue weighted by Gasteiger charge is -2.26. The molecule has 0 saturated heterocycles. The summed E-state index contributed by atoms with van der Waals surface area (Å²) < 4.78 is 16.8. The molecule has 0 aliphatic carbocycles. The molecule has 2 aromatic rings. The molecule has 0 spiro atoms. The molecule has 6 heteroatoms. The van der Waals surface area contributed by atoms with Gasteiger partial charge < -0.3 is 24.8 Å². The van der Waals surface area contributed by atoms with Crippen LogP contribution in [0.25, 0.3) is 0 Å². The topological polar surface area (TPSA) is 68.8 Å². The molecule has 1 aliphatic heterocycles. The number of fused-ring (bicyclic) bond motifs is 1. The predicted molar refractivity (Wildman–Crippen MR) is 94.1 cm³/mol. The van der Waals surface area contributed by atoms with Crippen molar-refractivity contribution in [1.29, 1.82) is 0 Å². The quantitative estimate of drug-likeness (QED) is 0.802. The minimum Gasteiger partial charge on any atom is -0.496 e. The van der Waals surface area contributed by atoms with Crippen molar-refractivity contribution in [3.63, 3.8) is 0 Å². The molecule has 1 aliphatic rings. The standard InChI is InChI=1S/C19H22N2O4/c1-23-16-7-3-2-6-14(16)10-21-19(22)12-20-11-15-13-24-17-8-4-5-9-18(17)25-15/h2-9,15,20H,10-13H2,1H3,(H,21,22)/t15-/m0/s1. The molecule has 0 bridgehead atoms. The van der Waals surface area contributed by atoms with Crippen molar-refractivity contribution in [3.05, 3.63) is 54.1 Å². The minimum absolute atomic E-state index is 0.0805. The Morgan fingerprint density at radius 1 is 1.16 bits per heavy atom. The van der Waals surface area contributed by atoms with Crippen LogP contribution in [0.2, 0.25) is 0 Å². The van der Waals surface area contributed by atoms with Crippen molar-refractivity contribution in [1.82, 2.24) is 10.6 Å². The van der Waals surface area contributed by atoms with Crippen LogP contribution in [0, 0.1) is 0 Å². The van der Waals surface area contributed by atoms with Crippen LogP contribution in [0.4, 0.5) is 0 Å². The van der Waals surface area contributed by atoms with Gasteiger partial charge in [0, 0.05) is 18.7 Å². The predicted octanol–water partition coefficient (Wildman–Crippen LogP) is 1.74. The first-order valence-corrected chi connectivity index (χ1v) is 8.24. The average Bonchev–Trinajstić information content (AvgIpc) is 2.66. The summed E-state index contributed by atoms with van der Waals surface area (Å²) in [4.78, 5) is 12.0. The maximum absolute atomic E-state index is 12.0. The summed E-state index contributed by atoms with van der Waals surface area (Å²) >= 11 is 0. The maximum atomic E-state index is 12.0. The lowest BCUT2D eigenvalue weighted by Crippen LogP contribution is -2.42. The number of nitrogens with one attached hydrogen (secondary N) is 2. The molecule has 0 unspecified atom stereocenters. The average molecular weight is 342 g/mol. The van der Waals surface area contributed by atoms with Crippen LogP contribution in [0.3, 0.4) is 0 Å². The van der Waals surface area contributed by atoms with E-state index in [1.54, 1.807) is 7.11 Å². The van der Waals surface area contributed by atoms with E-state index in [0.717, 1.165) is 22.8 Å². The van der Waals surface area contributed by atoms with Crippen molar-refractivity contribution in [3.8, 4) is 17.2 Å². The smallest absolute Gasteiger partial charge is 0.234 e. The molecule has 3 rings (SSSR count). The highest BCUT2D eigenvalue weighted by atomic mass is 16.6. The molecule has 1 atom stereocenters. The van der Waals surface area contributed by atoms with E-state index in [1.165, 1.54) is 0 Å². The number of hydrogen-bond donors (Lipinski definition) is 2. The first-order valence-electron chi connectivity index (χ1n) is 8.24. The number of carbonyl (C=O) groups excluding carboxylic acids is 1. The van der Waals surface area contributed by atoms with Gasteiger partial charge >= 0.3 is 0 Å². The third-order valence-electron chi connectivity index (χ3n) is 3.89. The van der Waals surface area contributed by atoms with Crippen LogP contribution in [0.5, 0.6) is 17.2 Å². The van der Waals surface area contributed by atoms with E-state index in [2.05, 4.69) is 10.6 Å². The Kier molecular flexibility index (Phi) is 5.74. The van der Waals surface area contributed by atoms with Gasteiger partial charge in [0.05, 0.1) is 13.7 Å². The molecule has 132 valence electrons. The molecule has 0 saturated carbocycles. The van der Waals surface area contributed by atoms with E-state index in [9.17, 15) is 4.79 Å². The molecule has 6 nitrogen and oxygen atoms in total. The van der Waals surface area contributed by atoms with E-state index in [-0.39, 0.29) is 18.6 Å². The highest BCUT2D eigenvalue weighted by Gasteiger charge is 2.20. The first kappa shape index (κ1) is 17.1. The number of rotatable bonds is 7. The Balaban J connectivity index is 1.39. The summed E-state index contributed by atoms with van der Waals surface area (Å²) in [6, 6.07) is 15.2. The third kappa shape index (κ3) is 4.64. The Labute approximate surface area is 147 Å². The SMILES string of the molecule is COc1ccccc1CNC(=O)CNC[C@H]1COc2ccccc2O1. The molecule has 0 radical (unpaired) electrons. The van der Waals surface area contributed by atoms with Crippen molar-refractivity contribution in [2.24, 2.45) is 0 Å². The van der Waals surface area contributed by atoms with Gasteiger partial charge in [-0.25, -0.2) is 0 Å². The van der Waals surface area contributed by atoms with Crippen molar-refractivity contribution in [2.75, 3.05) is 26.8 Å². The number of amides is 1. The van der Waals surface area contributed by atoms with E-state index in [4.69, 9.17) is 14.2 Å². The summed E-state index contributed by atoms with van der Waals surface area (Å²) in [6.45, 7) is 1.65. The van der Waals surface area contributed by atoms with Gasteiger partial charge in [0.25, 0.3) is 0 Å². The van der Waals surface area contributed by atoms with E-state index in [0.29, 0.717) is 19.7 Å². The lowest BCUT2D eigenvalue weighted by molar-refractivity contribution is -0.120. The molecule has 0 aromatic heterocycles. The molecule has 2 N–H and O–H groups in total. The molecular weight excluding hydrogens is 320 g/mol.